The van der Waals surface area contributed by atoms with Crippen LogP contribution in [0.25, 0.3) is 0 Å². The number of benzene rings is 1. The third-order valence-corrected chi connectivity index (χ3v) is 3.56. The van der Waals surface area contributed by atoms with Crippen LogP contribution in [0.15, 0.2) is 54.9 Å². The highest BCUT2D eigenvalue weighted by Crippen LogP contribution is 2.10. The molecule has 1 atom stereocenters. The predicted molar refractivity (Wildman–Crippen MR) is 84.8 cm³/mol. The minimum Gasteiger partial charge on any atom is -0.314 e. The molecule has 1 heterocycles. The molecule has 106 valence electrons. The highest BCUT2D eigenvalue weighted by Gasteiger charge is 2.08. The molecule has 2 rings (SSSR count). The van der Waals surface area contributed by atoms with Crippen LogP contribution in [0.5, 0.6) is 0 Å². The third kappa shape index (κ3) is 5.14. The number of nitrogens with zero attached hydrogens (tertiary/aromatic N) is 1. The van der Waals surface area contributed by atoms with Gasteiger partial charge in [0.1, 0.15) is 0 Å². The summed E-state index contributed by atoms with van der Waals surface area (Å²) in [6.07, 6.45) is 8.47. The summed E-state index contributed by atoms with van der Waals surface area (Å²) >= 11 is 0. The van der Waals surface area contributed by atoms with Crippen molar-refractivity contribution in [3.8, 4) is 0 Å². The molecule has 0 radical (unpaired) electrons. The minimum absolute atomic E-state index is 0.549. The van der Waals surface area contributed by atoms with E-state index in [1.807, 2.05) is 18.5 Å². The molecule has 0 spiro atoms. The Kier molecular flexibility index (Phi) is 6.25. The van der Waals surface area contributed by atoms with Gasteiger partial charge in [0.25, 0.3) is 0 Å². The van der Waals surface area contributed by atoms with E-state index in [9.17, 15) is 0 Å². The molecule has 1 aromatic heterocycles. The third-order valence-electron chi connectivity index (χ3n) is 3.56. The zero-order valence-corrected chi connectivity index (χ0v) is 12.3. The molecule has 20 heavy (non-hydrogen) atoms. The van der Waals surface area contributed by atoms with Crippen molar-refractivity contribution in [3.05, 3.63) is 66.0 Å². The van der Waals surface area contributed by atoms with Gasteiger partial charge in [-0.1, -0.05) is 43.3 Å². The average Bonchev–Trinajstić information content (AvgIpc) is 2.49. The Hall–Kier alpha value is -1.67. The number of hydrogen-bond donors (Lipinski definition) is 1. The van der Waals surface area contributed by atoms with Crippen LogP contribution in [0.1, 0.15) is 30.9 Å². The van der Waals surface area contributed by atoms with Gasteiger partial charge in [0.15, 0.2) is 0 Å². The standard InChI is InChI=1S/C18H24N2/c1-2-20-18(14-17-11-7-13-19-15-17)12-6-10-16-8-4-3-5-9-16/h3-5,7-9,11,13,15,18,20H,2,6,10,12,14H2,1H3. The lowest BCUT2D eigenvalue weighted by Gasteiger charge is -2.17. The summed E-state index contributed by atoms with van der Waals surface area (Å²) in [6.45, 7) is 3.20. The maximum atomic E-state index is 4.20. The van der Waals surface area contributed by atoms with E-state index in [-0.39, 0.29) is 0 Å². The molecule has 0 bridgehead atoms. The summed E-state index contributed by atoms with van der Waals surface area (Å²) in [6, 6.07) is 15.5. The molecular weight excluding hydrogens is 244 g/mol. The van der Waals surface area contributed by atoms with Crippen LogP contribution in [0.4, 0.5) is 0 Å². The van der Waals surface area contributed by atoms with E-state index in [0.717, 1.165) is 19.4 Å². The summed E-state index contributed by atoms with van der Waals surface area (Å²) in [4.78, 5) is 4.20. The second-order valence-corrected chi connectivity index (χ2v) is 5.20. The molecule has 2 heteroatoms. The Labute approximate surface area is 122 Å². The molecule has 1 aromatic carbocycles. The van der Waals surface area contributed by atoms with Gasteiger partial charge in [-0.25, -0.2) is 0 Å². The summed E-state index contributed by atoms with van der Waals surface area (Å²) in [5.41, 5.74) is 2.75. The lowest BCUT2D eigenvalue weighted by Crippen LogP contribution is -2.31. The molecule has 2 nitrogen and oxygen atoms in total. The van der Waals surface area contributed by atoms with E-state index in [1.54, 1.807) is 0 Å². The quantitative estimate of drug-likeness (QED) is 0.791. The SMILES string of the molecule is CCNC(CCCc1ccccc1)Cc1cccnc1. The zero-order valence-electron chi connectivity index (χ0n) is 12.3. The van der Waals surface area contributed by atoms with Crippen LogP contribution in [0, 0.1) is 0 Å². The highest BCUT2D eigenvalue weighted by atomic mass is 14.9. The first-order valence-corrected chi connectivity index (χ1v) is 7.54. The number of aromatic nitrogens is 1. The molecule has 0 saturated carbocycles. The van der Waals surface area contributed by atoms with Crippen molar-refractivity contribution in [2.45, 2.75) is 38.6 Å². The minimum atomic E-state index is 0.549. The normalized spacial score (nSPS) is 12.2. The van der Waals surface area contributed by atoms with Crippen LogP contribution < -0.4 is 5.32 Å². The molecule has 0 aliphatic rings. The zero-order chi connectivity index (χ0) is 14.0. The lowest BCUT2D eigenvalue weighted by molar-refractivity contribution is 0.476. The lowest BCUT2D eigenvalue weighted by atomic mass is 10.00. The molecular formula is C18H24N2. The number of nitrogens with one attached hydrogen (secondary N) is 1. The number of pyridine rings is 1. The van der Waals surface area contributed by atoms with Crippen molar-refractivity contribution < 1.29 is 0 Å². The smallest absolute Gasteiger partial charge is 0.0300 e. The fraction of sp³-hybridized carbons (Fsp3) is 0.389. The van der Waals surface area contributed by atoms with Gasteiger partial charge in [0.2, 0.25) is 0 Å². The second-order valence-electron chi connectivity index (χ2n) is 5.20. The van der Waals surface area contributed by atoms with Crippen molar-refractivity contribution in [2.75, 3.05) is 6.54 Å². The van der Waals surface area contributed by atoms with Crippen molar-refractivity contribution in [3.63, 3.8) is 0 Å². The van der Waals surface area contributed by atoms with Crippen LogP contribution in [0.3, 0.4) is 0 Å². The molecule has 0 fully saturated rings. The molecule has 2 aromatic rings. The first-order chi connectivity index (χ1) is 9.88. The topological polar surface area (TPSA) is 24.9 Å². The van der Waals surface area contributed by atoms with Gasteiger partial charge in [-0.05, 0) is 49.4 Å². The largest absolute Gasteiger partial charge is 0.314 e. The van der Waals surface area contributed by atoms with E-state index < -0.39 is 0 Å². The van der Waals surface area contributed by atoms with E-state index in [0.29, 0.717) is 6.04 Å². The van der Waals surface area contributed by atoms with Crippen molar-refractivity contribution >= 4 is 0 Å². The predicted octanol–water partition coefficient (Wildman–Crippen LogP) is 3.63. The average molecular weight is 268 g/mol. The molecule has 1 N–H and O–H groups in total. The maximum absolute atomic E-state index is 4.20. The van der Waals surface area contributed by atoms with Gasteiger partial charge >= 0.3 is 0 Å². The van der Waals surface area contributed by atoms with Crippen LogP contribution >= 0.6 is 0 Å². The van der Waals surface area contributed by atoms with Crippen molar-refractivity contribution in [2.24, 2.45) is 0 Å². The molecule has 0 amide bonds. The van der Waals surface area contributed by atoms with Gasteiger partial charge in [0.05, 0.1) is 0 Å². The van der Waals surface area contributed by atoms with E-state index >= 15 is 0 Å². The Bertz CT molecular complexity index is 467. The van der Waals surface area contributed by atoms with Crippen LogP contribution in [-0.2, 0) is 12.8 Å². The van der Waals surface area contributed by atoms with Crippen molar-refractivity contribution in [1.82, 2.24) is 10.3 Å². The summed E-state index contributed by atoms with van der Waals surface area (Å²) in [7, 11) is 0. The van der Waals surface area contributed by atoms with Gasteiger partial charge in [0, 0.05) is 18.4 Å². The van der Waals surface area contributed by atoms with Gasteiger partial charge in [-0.3, -0.25) is 4.98 Å². The van der Waals surface area contributed by atoms with E-state index in [4.69, 9.17) is 0 Å². The maximum Gasteiger partial charge on any atom is 0.0300 e. The van der Waals surface area contributed by atoms with E-state index in [1.165, 1.54) is 24.0 Å². The number of likely N-dealkylation sites (N-methyl/N-ethyl adjacent to an activating group) is 1. The van der Waals surface area contributed by atoms with Crippen LogP contribution in [-0.4, -0.2) is 17.6 Å². The number of aryl methyl sites for hydroxylation is 1. The number of hydrogen-bond acceptors (Lipinski definition) is 2. The molecule has 0 saturated heterocycles. The fourth-order valence-corrected chi connectivity index (χ4v) is 2.57. The monoisotopic (exact) mass is 268 g/mol. The number of rotatable bonds is 8. The fourth-order valence-electron chi connectivity index (χ4n) is 2.57. The van der Waals surface area contributed by atoms with E-state index in [2.05, 4.69) is 53.6 Å². The van der Waals surface area contributed by atoms with Crippen LogP contribution in [0.2, 0.25) is 0 Å². The first-order valence-electron chi connectivity index (χ1n) is 7.54. The summed E-state index contributed by atoms with van der Waals surface area (Å²) < 4.78 is 0. The Balaban J connectivity index is 1.80. The summed E-state index contributed by atoms with van der Waals surface area (Å²) in [5, 5.41) is 3.59. The Morgan fingerprint density at radius 1 is 1.05 bits per heavy atom. The molecule has 1 unspecified atom stereocenters. The molecule has 0 aliphatic heterocycles. The van der Waals surface area contributed by atoms with Gasteiger partial charge in [-0.15, -0.1) is 0 Å². The summed E-state index contributed by atoms with van der Waals surface area (Å²) in [5.74, 6) is 0. The first kappa shape index (κ1) is 14.7. The van der Waals surface area contributed by atoms with Crippen molar-refractivity contribution in [1.29, 1.82) is 0 Å². The Morgan fingerprint density at radius 2 is 1.85 bits per heavy atom. The Morgan fingerprint density at radius 3 is 2.55 bits per heavy atom. The van der Waals surface area contributed by atoms with Gasteiger partial charge in [-0.2, -0.15) is 0 Å². The highest BCUT2D eigenvalue weighted by molar-refractivity contribution is 5.14. The second kappa shape index (κ2) is 8.49. The van der Waals surface area contributed by atoms with Gasteiger partial charge < -0.3 is 5.32 Å². The molecule has 0 aliphatic carbocycles.